The van der Waals surface area contributed by atoms with Crippen molar-refractivity contribution < 1.29 is 9.13 Å². The molecule has 0 radical (unpaired) electrons. The summed E-state index contributed by atoms with van der Waals surface area (Å²) in [6, 6.07) is 4.67. The molecule has 1 aliphatic carbocycles. The lowest BCUT2D eigenvalue weighted by molar-refractivity contribution is 0.299. The predicted octanol–water partition coefficient (Wildman–Crippen LogP) is 2.09. The first kappa shape index (κ1) is 9.46. The number of ether oxygens (including phenoxy) is 1. The van der Waals surface area contributed by atoms with E-state index in [-0.39, 0.29) is 5.82 Å². The van der Waals surface area contributed by atoms with Crippen molar-refractivity contribution in [1.82, 2.24) is 5.32 Å². The van der Waals surface area contributed by atoms with E-state index in [1.54, 1.807) is 6.07 Å². The zero-order chi connectivity index (χ0) is 9.97. The third-order valence-corrected chi connectivity index (χ3v) is 2.21. The average molecular weight is 195 g/mol. The molecule has 0 aromatic heterocycles. The van der Waals surface area contributed by atoms with Gasteiger partial charge in [-0.2, -0.15) is 0 Å². The lowest BCUT2D eigenvalue weighted by Crippen LogP contribution is -2.08. The highest BCUT2D eigenvalue weighted by Crippen LogP contribution is 2.29. The molecule has 1 fully saturated rings. The fraction of sp³-hybridized carbons (Fsp3) is 0.455. The zero-order valence-corrected chi connectivity index (χ0v) is 8.22. The van der Waals surface area contributed by atoms with Gasteiger partial charge in [0.05, 0.1) is 6.10 Å². The molecule has 14 heavy (non-hydrogen) atoms. The quantitative estimate of drug-likeness (QED) is 0.794. The Hall–Kier alpha value is -1.09. The van der Waals surface area contributed by atoms with Gasteiger partial charge in [0, 0.05) is 12.1 Å². The van der Waals surface area contributed by atoms with E-state index in [4.69, 9.17) is 4.74 Å². The van der Waals surface area contributed by atoms with Gasteiger partial charge in [0.2, 0.25) is 0 Å². The summed E-state index contributed by atoms with van der Waals surface area (Å²) in [5, 5.41) is 3.00. The van der Waals surface area contributed by atoms with Gasteiger partial charge in [0.1, 0.15) is 11.6 Å². The summed E-state index contributed by atoms with van der Waals surface area (Å²) in [5.74, 6) is 0.599. The van der Waals surface area contributed by atoms with Gasteiger partial charge in [-0.15, -0.1) is 0 Å². The molecular formula is C11H14FNO. The van der Waals surface area contributed by atoms with Gasteiger partial charge in [-0.1, -0.05) is 0 Å². The lowest BCUT2D eigenvalue weighted by Gasteiger charge is -2.10. The Morgan fingerprint density at radius 1 is 1.50 bits per heavy atom. The van der Waals surface area contributed by atoms with Crippen LogP contribution in [-0.4, -0.2) is 13.2 Å². The normalized spacial score (nSPS) is 15.6. The minimum absolute atomic E-state index is 0.210. The summed E-state index contributed by atoms with van der Waals surface area (Å²) >= 11 is 0. The maximum absolute atomic E-state index is 12.9. The molecule has 0 spiro atoms. The number of nitrogens with one attached hydrogen (secondary N) is 1. The molecule has 0 aliphatic heterocycles. The molecule has 1 saturated carbocycles. The number of benzene rings is 1. The molecule has 2 rings (SSSR count). The minimum atomic E-state index is -0.210. The first-order valence-corrected chi connectivity index (χ1v) is 4.89. The molecule has 0 heterocycles. The topological polar surface area (TPSA) is 21.3 Å². The van der Waals surface area contributed by atoms with Crippen LogP contribution in [-0.2, 0) is 6.54 Å². The van der Waals surface area contributed by atoms with E-state index < -0.39 is 0 Å². The Balaban J connectivity index is 2.17. The first-order valence-electron chi connectivity index (χ1n) is 4.89. The van der Waals surface area contributed by atoms with Gasteiger partial charge in [0.25, 0.3) is 0 Å². The van der Waals surface area contributed by atoms with Gasteiger partial charge < -0.3 is 10.1 Å². The summed E-state index contributed by atoms with van der Waals surface area (Å²) in [4.78, 5) is 0. The van der Waals surface area contributed by atoms with Crippen LogP contribution in [0.15, 0.2) is 18.2 Å². The Labute approximate surface area is 83.1 Å². The van der Waals surface area contributed by atoms with Crippen LogP contribution in [0.3, 0.4) is 0 Å². The predicted molar refractivity (Wildman–Crippen MR) is 52.8 cm³/mol. The number of hydrogen-bond acceptors (Lipinski definition) is 2. The second-order valence-corrected chi connectivity index (χ2v) is 3.60. The monoisotopic (exact) mass is 195 g/mol. The molecule has 76 valence electrons. The largest absolute Gasteiger partial charge is 0.490 e. The average Bonchev–Trinajstić information content (AvgIpc) is 2.94. The van der Waals surface area contributed by atoms with E-state index in [9.17, 15) is 4.39 Å². The SMILES string of the molecule is CNCc1cc(F)ccc1OC1CC1. The van der Waals surface area contributed by atoms with Gasteiger partial charge in [-0.25, -0.2) is 4.39 Å². The van der Waals surface area contributed by atoms with Gasteiger partial charge >= 0.3 is 0 Å². The smallest absolute Gasteiger partial charge is 0.124 e. The van der Waals surface area contributed by atoms with Gasteiger partial charge in [0.15, 0.2) is 0 Å². The molecule has 0 saturated heterocycles. The Morgan fingerprint density at radius 3 is 2.93 bits per heavy atom. The van der Waals surface area contributed by atoms with Crippen molar-refractivity contribution in [2.75, 3.05) is 7.05 Å². The Morgan fingerprint density at radius 2 is 2.29 bits per heavy atom. The second-order valence-electron chi connectivity index (χ2n) is 3.60. The summed E-state index contributed by atoms with van der Waals surface area (Å²) in [6.45, 7) is 0.639. The maximum atomic E-state index is 12.9. The third-order valence-electron chi connectivity index (χ3n) is 2.21. The molecule has 1 aliphatic rings. The molecule has 2 nitrogen and oxygen atoms in total. The van der Waals surface area contributed by atoms with E-state index in [2.05, 4.69) is 5.32 Å². The summed E-state index contributed by atoms with van der Waals surface area (Å²) < 4.78 is 18.6. The minimum Gasteiger partial charge on any atom is -0.490 e. The van der Waals surface area contributed by atoms with E-state index in [0.717, 1.165) is 24.2 Å². The van der Waals surface area contributed by atoms with Crippen LogP contribution < -0.4 is 10.1 Å². The molecule has 1 N–H and O–H groups in total. The highest BCUT2D eigenvalue weighted by molar-refractivity contribution is 5.34. The van der Waals surface area contributed by atoms with E-state index in [1.165, 1.54) is 12.1 Å². The van der Waals surface area contributed by atoms with Crippen molar-refractivity contribution in [2.24, 2.45) is 0 Å². The van der Waals surface area contributed by atoms with Crippen molar-refractivity contribution in [2.45, 2.75) is 25.5 Å². The molecule has 0 unspecified atom stereocenters. The van der Waals surface area contributed by atoms with Gasteiger partial charge in [-0.05, 0) is 38.1 Å². The zero-order valence-electron chi connectivity index (χ0n) is 8.22. The van der Waals surface area contributed by atoms with Crippen LogP contribution in [0.1, 0.15) is 18.4 Å². The molecule has 0 atom stereocenters. The lowest BCUT2D eigenvalue weighted by atomic mass is 10.2. The summed E-state index contributed by atoms with van der Waals surface area (Å²) in [7, 11) is 1.84. The standard InChI is InChI=1S/C11H14FNO/c1-13-7-8-6-9(12)2-5-11(8)14-10-3-4-10/h2,5-6,10,13H,3-4,7H2,1H3. The number of hydrogen-bond donors (Lipinski definition) is 1. The van der Waals surface area contributed by atoms with Crippen LogP contribution in [0.4, 0.5) is 4.39 Å². The van der Waals surface area contributed by atoms with Crippen molar-refractivity contribution in [3.8, 4) is 5.75 Å². The first-order chi connectivity index (χ1) is 6.79. The van der Waals surface area contributed by atoms with Crippen LogP contribution in [0.25, 0.3) is 0 Å². The molecule has 1 aromatic carbocycles. The van der Waals surface area contributed by atoms with Crippen LogP contribution in [0.2, 0.25) is 0 Å². The molecule has 1 aromatic rings. The van der Waals surface area contributed by atoms with Gasteiger partial charge in [-0.3, -0.25) is 0 Å². The van der Waals surface area contributed by atoms with Crippen LogP contribution in [0, 0.1) is 5.82 Å². The molecule has 3 heteroatoms. The third kappa shape index (κ3) is 2.23. The molecular weight excluding hydrogens is 181 g/mol. The molecule has 0 bridgehead atoms. The maximum Gasteiger partial charge on any atom is 0.124 e. The Kier molecular flexibility index (Phi) is 2.68. The van der Waals surface area contributed by atoms with E-state index in [0.29, 0.717) is 12.6 Å². The molecule has 0 amide bonds. The van der Waals surface area contributed by atoms with Crippen LogP contribution >= 0.6 is 0 Å². The van der Waals surface area contributed by atoms with Crippen molar-refractivity contribution in [3.05, 3.63) is 29.6 Å². The van der Waals surface area contributed by atoms with Crippen molar-refractivity contribution in [3.63, 3.8) is 0 Å². The Bertz CT molecular complexity index is 323. The summed E-state index contributed by atoms with van der Waals surface area (Å²) in [6.07, 6.45) is 2.60. The van der Waals surface area contributed by atoms with E-state index >= 15 is 0 Å². The van der Waals surface area contributed by atoms with Crippen molar-refractivity contribution in [1.29, 1.82) is 0 Å². The number of halogens is 1. The summed E-state index contributed by atoms with van der Waals surface area (Å²) in [5.41, 5.74) is 0.888. The van der Waals surface area contributed by atoms with Crippen LogP contribution in [0.5, 0.6) is 5.75 Å². The highest BCUT2D eigenvalue weighted by Gasteiger charge is 2.24. The van der Waals surface area contributed by atoms with E-state index in [1.807, 2.05) is 7.05 Å². The fourth-order valence-corrected chi connectivity index (χ4v) is 1.36. The van der Waals surface area contributed by atoms with Crippen molar-refractivity contribution >= 4 is 0 Å². The number of rotatable bonds is 4. The second kappa shape index (κ2) is 3.96. The fourth-order valence-electron chi connectivity index (χ4n) is 1.36. The highest BCUT2D eigenvalue weighted by atomic mass is 19.1.